The van der Waals surface area contributed by atoms with E-state index in [2.05, 4.69) is 73.7 Å². The molecule has 1 aromatic carbocycles. The second-order valence-corrected chi connectivity index (χ2v) is 9.41. The van der Waals surface area contributed by atoms with Crippen LogP contribution in [-0.4, -0.2) is 54.2 Å². The van der Waals surface area contributed by atoms with Crippen molar-refractivity contribution in [2.45, 2.75) is 58.7 Å². The van der Waals surface area contributed by atoms with E-state index in [-0.39, 0.29) is 5.54 Å². The average Bonchev–Trinajstić information content (AvgIpc) is 2.72. The molecule has 164 valence electrons. The van der Waals surface area contributed by atoms with Crippen LogP contribution in [0, 0.1) is 0 Å². The lowest BCUT2D eigenvalue weighted by atomic mass is 9.88. The lowest BCUT2D eigenvalue weighted by Crippen LogP contribution is -2.55. The number of aromatic nitrogens is 1. The van der Waals surface area contributed by atoms with Crippen molar-refractivity contribution in [3.8, 4) is 11.6 Å². The molecule has 0 aliphatic carbocycles. The maximum atomic E-state index is 5.62. The van der Waals surface area contributed by atoms with E-state index in [0.29, 0.717) is 17.8 Å². The molecular formula is C25H37N3O2. The smallest absolute Gasteiger partial charge is 0.257 e. The summed E-state index contributed by atoms with van der Waals surface area (Å²) in [6, 6.07) is 11.3. The van der Waals surface area contributed by atoms with E-state index in [1.807, 2.05) is 6.07 Å². The fraction of sp³-hybridized carbons (Fsp3) is 0.560. The molecule has 0 radical (unpaired) electrons. The van der Waals surface area contributed by atoms with Crippen LogP contribution in [0.15, 0.2) is 36.5 Å². The number of benzene rings is 1. The van der Waals surface area contributed by atoms with Crippen molar-refractivity contribution in [3.63, 3.8) is 0 Å². The minimum atomic E-state index is 0.110. The number of pyridine rings is 1. The molecule has 5 heteroatoms. The lowest BCUT2D eigenvalue weighted by Gasteiger charge is -2.49. The first-order chi connectivity index (χ1) is 14.3. The van der Waals surface area contributed by atoms with Crippen LogP contribution in [-0.2, 0) is 6.54 Å². The van der Waals surface area contributed by atoms with Gasteiger partial charge in [-0.3, -0.25) is 9.80 Å². The van der Waals surface area contributed by atoms with E-state index in [9.17, 15) is 0 Å². The molecule has 30 heavy (non-hydrogen) atoms. The normalized spacial score (nSPS) is 18.6. The first kappa shape index (κ1) is 22.6. The number of ether oxygens (including phenoxy) is 2. The summed E-state index contributed by atoms with van der Waals surface area (Å²) in [5.41, 5.74) is 4.12. The van der Waals surface area contributed by atoms with Crippen LogP contribution in [0.5, 0.6) is 11.6 Å². The maximum Gasteiger partial charge on any atom is 0.257 e. The zero-order valence-electron chi connectivity index (χ0n) is 19.6. The van der Waals surface area contributed by atoms with E-state index in [1.54, 1.807) is 20.4 Å². The standard InChI is InChI=1S/C25H37N3O2/c1-18(2)20-10-8-9-11-21(20)22-17-27(14-15-28(22)25(3,4)5)16-19-12-13-26-24(30-7)23(19)29-6/h8-13,18,22H,14-17H2,1-7H3. The summed E-state index contributed by atoms with van der Waals surface area (Å²) < 4.78 is 11.0. The fourth-order valence-corrected chi connectivity index (χ4v) is 4.59. The maximum absolute atomic E-state index is 5.62. The van der Waals surface area contributed by atoms with E-state index in [1.165, 1.54) is 11.1 Å². The molecule has 1 aliphatic rings. The van der Waals surface area contributed by atoms with Gasteiger partial charge in [0.1, 0.15) is 0 Å². The summed E-state index contributed by atoms with van der Waals surface area (Å²) in [6.45, 7) is 15.4. The number of piperazine rings is 1. The average molecular weight is 412 g/mol. The largest absolute Gasteiger partial charge is 0.491 e. The van der Waals surface area contributed by atoms with E-state index >= 15 is 0 Å². The topological polar surface area (TPSA) is 37.8 Å². The van der Waals surface area contributed by atoms with E-state index in [4.69, 9.17) is 9.47 Å². The van der Waals surface area contributed by atoms with Gasteiger partial charge in [0.05, 0.1) is 14.2 Å². The highest BCUT2D eigenvalue weighted by atomic mass is 16.5. The van der Waals surface area contributed by atoms with Crippen LogP contribution in [0.1, 0.15) is 63.3 Å². The summed E-state index contributed by atoms with van der Waals surface area (Å²) >= 11 is 0. The molecule has 0 bridgehead atoms. The molecule has 2 aromatic rings. The molecule has 1 atom stereocenters. The van der Waals surface area contributed by atoms with Gasteiger partial charge < -0.3 is 9.47 Å². The zero-order chi connectivity index (χ0) is 21.9. The number of methoxy groups -OCH3 is 2. The molecule has 2 heterocycles. The van der Waals surface area contributed by atoms with Crippen molar-refractivity contribution in [2.24, 2.45) is 0 Å². The Kier molecular flexibility index (Phi) is 7.04. The molecule has 5 nitrogen and oxygen atoms in total. The third-order valence-electron chi connectivity index (χ3n) is 6.05. The summed E-state index contributed by atoms with van der Waals surface area (Å²) in [5, 5.41) is 0. The lowest BCUT2D eigenvalue weighted by molar-refractivity contribution is 0.00530. The Labute approximate surface area is 182 Å². The predicted molar refractivity (Wildman–Crippen MR) is 122 cm³/mol. The van der Waals surface area contributed by atoms with Crippen molar-refractivity contribution >= 4 is 0 Å². The van der Waals surface area contributed by atoms with Gasteiger partial charge in [-0.25, -0.2) is 4.98 Å². The van der Waals surface area contributed by atoms with E-state index < -0.39 is 0 Å². The number of hydrogen-bond acceptors (Lipinski definition) is 5. The Morgan fingerprint density at radius 3 is 2.43 bits per heavy atom. The Hall–Kier alpha value is -2.11. The molecule has 0 amide bonds. The highest BCUT2D eigenvalue weighted by molar-refractivity contribution is 5.41. The molecule has 1 aromatic heterocycles. The van der Waals surface area contributed by atoms with Gasteiger partial charge in [0.15, 0.2) is 5.75 Å². The Morgan fingerprint density at radius 1 is 1.07 bits per heavy atom. The monoisotopic (exact) mass is 411 g/mol. The molecular weight excluding hydrogens is 374 g/mol. The molecule has 1 aliphatic heterocycles. The minimum Gasteiger partial charge on any atom is -0.491 e. The molecule has 0 spiro atoms. The Bertz CT molecular complexity index is 845. The number of rotatable bonds is 6. The first-order valence-corrected chi connectivity index (χ1v) is 10.9. The van der Waals surface area contributed by atoms with Crippen LogP contribution >= 0.6 is 0 Å². The quantitative estimate of drug-likeness (QED) is 0.677. The van der Waals surface area contributed by atoms with Crippen LogP contribution in [0.25, 0.3) is 0 Å². The minimum absolute atomic E-state index is 0.110. The van der Waals surface area contributed by atoms with E-state index in [0.717, 1.165) is 37.5 Å². The molecule has 1 saturated heterocycles. The van der Waals surface area contributed by atoms with Gasteiger partial charge >= 0.3 is 0 Å². The summed E-state index contributed by atoms with van der Waals surface area (Å²) in [5.74, 6) is 1.78. The second-order valence-electron chi connectivity index (χ2n) is 9.41. The Balaban J connectivity index is 1.92. The molecule has 3 rings (SSSR count). The highest BCUT2D eigenvalue weighted by Gasteiger charge is 2.36. The number of hydrogen-bond donors (Lipinski definition) is 0. The van der Waals surface area contributed by atoms with Crippen LogP contribution in [0.3, 0.4) is 0 Å². The van der Waals surface area contributed by atoms with Gasteiger partial charge in [0.25, 0.3) is 5.88 Å². The Morgan fingerprint density at radius 2 is 1.80 bits per heavy atom. The summed E-state index contributed by atoms with van der Waals surface area (Å²) in [7, 11) is 3.32. The molecule has 0 N–H and O–H groups in total. The second kappa shape index (κ2) is 9.36. The molecule has 1 fully saturated rings. The van der Waals surface area contributed by atoms with Gasteiger partial charge in [-0.05, 0) is 43.9 Å². The van der Waals surface area contributed by atoms with Crippen molar-refractivity contribution < 1.29 is 9.47 Å². The van der Waals surface area contributed by atoms with Gasteiger partial charge in [-0.2, -0.15) is 0 Å². The van der Waals surface area contributed by atoms with Gasteiger partial charge in [0, 0.05) is 49.5 Å². The third-order valence-corrected chi connectivity index (χ3v) is 6.05. The van der Waals surface area contributed by atoms with Crippen molar-refractivity contribution in [2.75, 3.05) is 33.9 Å². The van der Waals surface area contributed by atoms with Crippen molar-refractivity contribution in [3.05, 3.63) is 53.2 Å². The summed E-state index contributed by atoms with van der Waals surface area (Å²) in [4.78, 5) is 9.48. The van der Waals surface area contributed by atoms with Crippen molar-refractivity contribution in [1.82, 2.24) is 14.8 Å². The van der Waals surface area contributed by atoms with Crippen molar-refractivity contribution in [1.29, 1.82) is 0 Å². The SMILES string of the molecule is COc1nccc(CN2CCN(C(C)(C)C)C(c3ccccc3C(C)C)C2)c1OC. The van der Waals surface area contributed by atoms with Gasteiger partial charge in [-0.1, -0.05) is 38.1 Å². The van der Waals surface area contributed by atoms with Gasteiger partial charge in [0.2, 0.25) is 0 Å². The molecule has 1 unspecified atom stereocenters. The fourth-order valence-electron chi connectivity index (χ4n) is 4.59. The highest BCUT2D eigenvalue weighted by Crippen LogP contribution is 2.37. The molecule has 0 saturated carbocycles. The van der Waals surface area contributed by atoms with Crippen LogP contribution in [0.2, 0.25) is 0 Å². The summed E-state index contributed by atoms with van der Waals surface area (Å²) in [6.07, 6.45) is 1.80. The predicted octanol–water partition coefficient (Wildman–Crippen LogP) is 4.88. The van der Waals surface area contributed by atoms with Crippen LogP contribution < -0.4 is 9.47 Å². The number of nitrogens with zero attached hydrogens (tertiary/aromatic N) is 3. The zero-order valence-corrected chi connectivity index (χ0v) is 19.6. The van der Waals surface area contributed by atoms with Gasteiger partial charge in [-0.15, -0.1) is 0 Å². The third kappa shape index (κ3) is 4.79. The van der Waals surface area contributed by atoms with Crippen LogP contribution in [0.4, 0.5) is 0 Å². The first-order valence-electron chi connectivity index (χ1n) is 10.9.